The Balaban J connectivity index is 2.89. The molecule has 2 nitrogen and oxygen atoms in total. The molecule has 0 unspecified atom stereocenters. The average molecular weight is 159 g/mol. The Morgan fingerprint density at radius 3 is 2.55 bits per heavy atom. The van der Waals surface area contributed by atoms with Gasteiger partial charge >= 0.3 is 0 Å². The van der Waals surface area contributed by atoms with E-state index in [1.165, 1.54) is 12.8 Å². The van der Waals surface area contributed by atoms with Crippen molar-refractivity contribution in [3.63, 3.8) is 0 Å². The lowest BCUT2D eigenvalue weighted by Gasteiger charge is -2.10. The Bertz CT molecular complexity index is 76.0. The van der Waals surface area contributed by atoms with Crippen molar-refractivity contribution in [1.82, 2.24) is 5.32 Å². The summed E-state index contributed by atoms with van der Waals surface area (Å²) in [5.74, 6) is 0. The quantitative estimate of drug-likeness (QED) is 0.552. The summed E-state index contributed by atoms with van der Waals surface area (Å²) in [5, 5.41) is 11.9. The van der Waals surface area contributed by atoms with Crippen molar-refractivity contribution >= 4 is 0 Å². The third-order valence-electron chi connectivity index (χ3n) is 1.94. The second-order valence-electron chi connectivity index (χ2n) is 3.05. The van der Waals surface area contributed by atoms with Crippen molar-refractivity contribution < 1.29 is 5.11 Å². The van der Waals surface area contributed by atoms with Crippen molar-refractivity contribution in [3.8, 4) is 0 Å². The molecule has 0 bridgehead atoms. The topological polar surface area (TPSA) is 32.3 Å². The van der Waals surface area contributed by atoms with Gasteiger partial charge in [0.15, 0.2) is 0 Å². The fraction of sp³-hybridized carbons (Fsp3) is 1.00. The van der Waals surface area contributed by atoms with Crippen molar-refractivity contribution in [2.45, 2.75) is 45.6 Å². The molecular formula is C9H21NO. The van der Waals surface area contributed by atoms with E-state index < -0.39 is 0 Å². The van der Waals surface area contributed by atoms with E-state index in [2.05, 4.69) is 19.2 Å². The van der Waals surface area contributed by atoms with Gasteiger partial charge < -0.3 is 10.4 Å². The van der Waals surface area contributed by atoms with E-state index in [-0.39, 0.29) is 0 Å². The van der Waals surface area contributed by atoms with Gasteiger partial charge in [-0.25, -0.2) is 0 Å². The summed E-state index contributed by atoms with van der Waals surface area (Å²) < 4.78 is 0. The van der Waals surface area contributed by atoms with Gasteiger partial charge in [-0.2, -0.15) is 0 Å². The molecule has 0 saturated carbocycles. The molecule has 0 rings (SSSR count). The molecule has 0 aromatic carbocycles. The number of rotatable bonds is 7. The Morgan fingerprint density at radius 1 is 1.27 bits per heavy atom. The van der Waals surface area contributed by atoms with Crippen molar-refractivity contribution in [2.24, 2.45) is 0 Å². The first-order valence-corrected chi connectivity index (χ1v) is 4.65. The lowest BCUT2D eigenvalue weighted by atomic mass is 10.2. The Hall–Kier alpha value is -0.0800. The lowest BCUT2D eigenvalue weighted by molar-refractivity contribution is 0.282. The minimum atomic E-state index is 0.337. The van der Waals surface area contributed by atoms with Crippen molar-refractivity contribution in [1.29, 1.82) is 0 Å². The van der Waals surface area contributed by atoms with Gasteiger partial charge in [0, 0.05) is 12.6 Å². The van der Waals surface area contributed by atoms with E-state index in [4.69, 9.17) is 5.11 Å². The van der Waals surface area contributed by atoms with Crippen LogP contribution in [-0.2, 0) is 0 Å². The van der Waals surface area contributed by atoms with Crippen LogP contribution in [0.4, 0.5) is 0 Å². The van der Waals surface area contributed by atoms with Gasteiger partial charge in [0.25, 0.3) is 0 Å². The minimum absolute atomic E-state index is 0.337. The third kappa shape index (κ3) is 7.82. The molecule has 0 saturated heterocycles. The zero-order chi connectivity index (χ0) is 8.53. The highest BCUT2D eigenvalue weighted by Crippen LogP contribution is 1.94. The maximum Gasteiger partial charge on any atom is 0.0431 e. The molecular weight excluding hydrogens is 138 g/mol. The number of unbranched alkanes of at least 4 members (excludes halogenated alkanes) is 2. The molecule has 0 heterocycles. The molecule has 0 spiro atoms. The fourth-order valence-electron chi connectivity index (χ4n) is 0.906. The summed E-state index contributed by atoms with van der Waals surface area (Å²) >= 11 is 0. The molecule has 0 fully saturated rings. The number of hydrogen-bond donors (Lipinski definition) is 2. The van der Waals surface area contributed by atoms with Gasteiger partial charge in [0.1, 0.15) is 0 Å². The summed E-state index contributed by atoms with van der Waals surface area (Å²) in [4.78, 5) is 0. The Labute approximate surface area is 70.0 Å². The van der Waals surface area contributed by atoms with E-state index in [1.807, 2.05) is 0 Å². The predicted octanol–water partition coefficient (Wildman–Crippen LogP) is 1.54. The second-order valence-corrected chi connectivity index (χ2v) is 3.05. The van der Waals surface area contributed by atoms with E-state index in [1.54, 1.807) is 0 Å². The highest BCUT2D eigenvalue weighted by atomic mass is 16.2. The molecule has 1 atom stereocenters. The fourth-order valence-corrected chi connectivity index (χ4v) is 0.906. The smallest absolute Gasteiger partial charge is 0.0431 e. The highest BCUT2D eigenvalue weighted by molar-refractivity contribution is 4.56. The maximum absolute atomic E-state index is 8.50. The number of aliphatic hydroxyl groups is 1. The first-order valence-electron chi connectivity index (χ1n) is 4.65. The summed E-state index contributed by atoms with van der Waals surface area (Å²) in [6, 6.07) is 0.643. The van der Waals surface area contributed by atoms with Crippen LogP contribution in [0.1, 0.15) is 39.5 Å². The zero-order valence-electron chi connectivity index (χ0n) is 7.77. The SMILES string of the molecule is CC[C@H](C)NCCCCCO. The van der Waals surface area contributed by atoms with Gasteiger partial charge in [0.05, 0.1) is 0 Å². The molecule has 68 valence electrons. The number of aliphatic hydroxyl groups excluding tert-OH is 1. The second kappa shape index (κ2) is 8.02. The van der Waals surface area contributed by atoms with Crippen LogP contribution in [0.15, 0.2) is 0 Å². The summed E-state index contributed by atoms with van der Waals surface area (Å²) in [6.45, 7) is 5.82. The molecule has 0 aliphatic carbocycles. The summed E-state index contributed by atoms with van der Waals surface area (Å²) in [5.41, 5.74) is 0. The first kappa shape index (κ1) is 10.9. The van der Waals surface area contributed by atoms with Crippen molar-refractivity contribution in [3.05, 3.63) is 0 Å². The monoisotopic (exact) mass is 159 g/mol. The number of nitrogens with one attached hydrogen (secondary N) is 1. The number of hydrogen-bond acceptors (Lipinski definition) is 2. The molecule has 0 amide bonds. The van der Waals surface area contributed by atoms with Crippen LogP contribution in [0.5, 0.6) is 0 Å². The molecule has 0 aromatic heterocycles. The van der Waals surface area contributed by atoms with E-state index in [9.17, 15) is 0 Å². The summed E-state index contributed by atoms with van der Waals surface area (Å²) in [6.07, 6.45) is 4.47. The molecule has 0 aromatic rings. The van der Waals surface area contributed by atoms with Crippen LogP contribution < -0.4 is 5.32 Å². The van der Waals surface area contributed by atoms with Crippen LogP contribution in [-0.4, -0.2) is 24.3 Å². The van der Waals surface area contributed by atoms with Crippen LogP contribution in [0, 0.1) is 0 Å². The largest absolute Gasteiger partial charge is 0.396 e. The maximum atomic E-state index is 8.50. The third-order valence-corrected chi connectivity index (χ3v) is 1.94. The van der Waals surface area contributed by atoms with Crippen molar-refractivity contribution in [2.75, 3.05) is 13.2 Å². The zero-order valence-corrected chi connectivity index (χ0v) is 7.77. The van der Waals surface area contributed by atoms with Gasteiger partial charge in [-0.05, 0) is 39.2 Å². The minimum Gasteiger partial charge on any atom is -0.396 e. The van der Waals surface area contributed by atoms with Gasteiger partial charge in [-0.15, -0.1) is 0 Å². The van der Waals surface area contributed by atoms with Crippen LogP contribution >= 0.6 is 0 Å². The first-order chi connectivity index (χ1) is 5.31. The van der Waals surface area contributed by atoms with Gasteiger partial charge in [-0.1, -0.05) is 6.92 Å². The molecule has 2 N–H and O–H groups in total. The normalized spacial score (nSPS) is 13.4. The van der Waals surface area contributed by atoms with E-state index in [0.29, 0.717) is 12.6 Å². The summed E-state index contributed by atoms with van der Waals surface area (Å²) in [7, 11) is 0. The standard InChI is InChI=1S/C9H21NO/c1-3-9(2)10-7-5-4-6-8-11/h9-11H,3-8H2,1-2H3/t9-/m0/s1. The highest BCUT2D eigenvalue weighted by Gasteiger charge is 1.94. The Kier molecular flexibility index (Phi) is 7.96. The van der Waals surface area contributed by atoms with Gasteiger partial charge in [0.2, 0.25) is 0 Å². The van der Waals surface area contributed by atoms with E-state index in [0.717, 1.165) is 19.4 Å². The van der Waals surface area contributed by atoms with Crippen LogP contribution in [0.2, 0.25) is 0 Å². The van der Waals surface area contributed by atoms with E-state index >= 15 is 0 Å². The van der Waals surface area contributed by atoms with Gasteiger partial charge in [-0.3, -0.25) is 0 Å². The molecule has 0 aliphatic heterocycles. The molecule has 11 heavy (non-hydrogen) atoms. The molecule has 0 radical (unpaired) electrons. The Morgan fingerprint density at radius 2 is 2.00 bits per heavy atom. The van der Waals surface area contributed by atoms with Crippen LogP contribution in [0.25, 0.3) is 0 Å². The lowest BCUT2D eigenvalue weighted by Crippen LogP contribution is -2.25. The predicted molar refractivity (Wildman–Crippen MR) is 48.7 cm³/mol. The average Bonchev–Trinajstić information content (AvgIpc) is 2.04. The molecule has 2 heteroatoms. The van der Waals surface area contributed by atoms with Crippen LogP contribution in [0.3, 0.4) is 0 Å². The molecule has 0 aliphatic rings.